The first kappa shape index (κ1) is 16.4. The van der Waals surface area contributed by atoms with E-state index >= 15 is 0 Å². The van der Waals surface area contributed by atoms with Gasteiger partial charge in [-0.05, 0) is 26.0 Å². The lowest BCUT2D eigenvalue weighted by molar-refractivity contribution is -0.128. The van der Waals surface area contributed by atoms with Crippen molar-refractivity contribution < 1.29 is 23.8 Å². The highest BCUT2D eigenvalue weighted by Gasteiger charge is 2.22. The van der Waals surface area contributed by atoms with Crippen LogP contribution in [0, 0.1) is 0 Å². The number of nitrogens with one attached hydrogen (secondary N) is 1. The summed E-state index contributed by atoms with van der Waals surface area (Å²) in [4.78, 5) is 23.7. The Balaban J connectivity index is 2.15. The molecule has 1 aromatic carbocycles. The summed E-state index contributed by atoms with van der Waals surface area (Å²) < 4.78 is 16.1. The van der Waals surface area contributed by atoms with Crippen molar-refractivity contribution in [3.8, 4) is 11.5 Å². The highest BCUT2D eigenvalue weighted by molar-refractivity contribution is 6.32. The highest BCUT2D eigenvalue weighted by atomic mass is 35.5. The number of likely N-dealkylation sites (N-methyl/N-ethyl adjacent to an activating group) is 1. The smallest absolute Gasteiger partial charge is 0.339 e. The SMILES string of the molecule is CCNC(=O)[C@H](C)OC(=O)c1cc(Cl)c2c(c1)OCCCO2. The Morgan fingerprint density at radius 3 is 2.82 bits per heavy atom. The molecule has 0 unspecified atom stereocenters. The van der Waals surface area contributed by atoms with Crippen LogP contribution in [0.3, 0.4) is 0 Å². The second kappa shape index (κ2) is 7.35. The predicted molar refractivity (Wildman–Crippen MR) is 80.6 cm³/mol. The van der Waals surface area contributed by atoms with Crippen molar-refractivity contribution in [3.05, 3.63) is 22.7 Å². The van der Waals surface area contributed by atoms with Gasteiger partial charge in [-0.25, -0.2) is 4.79 Å². The largest absolute Gasteiger partial charge is 0.489 e. The molecule has 1 aliphatic rings. The molecule has 2 rings (SSSR count). The Morgan fingerprint density at radius 1 is 1.36 bits per heavy atom. The molecule has 0 aromatic heterocycles. The summed E-state index contributed by atoms with van der Waals surface area (Å²) in [5.41, 5.74) is 0.213. The number of halogens is 1. The number of carbonyl (C=O) groups is 2. The minimum Gasteiger partial charge on any atom is -0.489 e. The van der Waals surface area contributed by atoms with Gasteiger partial charge in [0, 0.05) is 13.0 Å². The summed E-state index contributed by atoms with van der Waals surface area (Å²) in [6.07, 6.45) is -0.152. The third kappa shape index (κ3) is 3.82. The number of rotatable bonds is 4. The lowest BCUT2D eigenvalue weighted by atomic mass is 10.2. The van der Waals surface area contributed by atoms with E-state index in [-0.39, 0.29) is 16.5 Å². The number of benzene rings is 1. The fourth-order valence-electron chi connectivity index (χ4n) is 1.95. The van der Waals surface area contributed by atoms with Gasteiger partial charge in [-0.2, -0.15) is 0 Å². The number of hydrogen-bond donors (Lipinski definition) is 1. The Bertz CT molecular complexity index is 575. The zero-order valence-corrected chi connectivity index (χ0v) is 13.2. The summed E-state index contributed by atoms with van der Waals surface area (Å²) in [7, 11) is 0. The standard InChI is InChI=1S/C15H18ClNO5/c1-3-17-14(18)9(2)22-15(19)10-7-11(16)13-12(8-10)20-5-4-6-21-13/h7-9H,3-6H2,1-2H3,(H,17,18)/t9-/m0/s1. The zero-order chi connectivity index (χ0) is 16.1. The molecule has 1 N–H and O–H groups in total. The Hall–Kier alpha value is -1.95. The Morgan fingerprint density at radius 2 is 2.09 bits per heavy atom. The first-order valence-electron chi connectivity index (χ1n) is 7.10. The van der Waals surface area contributed by atoms with Crippen molar-refractivity contribution in [2.75, 3.05) is 19.8 Å². The van der Waals surface area contributed by atoms with Crippen molar-refractivity contribution >= 4 is 23.5 Å². The number of fused-ring (bicyclic) bond motifs is 1. The number of carbonyl (C=O) groups excluding carboxylic acids is 2. The van der Waals surface area contributed by atoms with E-state index in [1.54, 1.807) is 6.92 Å². The van der Waals surface area contributed by atoms with Crippen LogP contribution in [0.1, 0.15) is 30.6 Å². The van der Waals surface area contributed by atoms with Gasteiger partial charge in [0.05, 0.1) is 23.8 Å². The Kier molecular flexibility index (Phi) is 5.49. The van der Waals surface area contributed by atoms with Gasteiger partial charge >= 0.3 is 5.97 Å². The van der Waals surface area contributed by atoms with E-state index in [1.165, 1.54) is 19.1 Å². The van der Waals surface area contributed by atoms with Crippen LogP contribution in [-0.2, 0) is 9.53 Å². The minimum atomic E-state index is -0.887. The molecule has 0 saturated heterocycles. The molecule has 120 valence electrons. The van der Waals surface area contributed by atoms with E-state index in [0.717, 1.165) is 6.42 Å². The van der Waals surface area contributed by atoms with Gasteiger partial charge in [0.15, 0.2) is 17.6 Å². The first-order chi connectivity index (χ1) is 10.5. The van der Waals surface area contributed by atoms with Crippen molar-refractivity contribution in [1.82, 2.24) is 5.32 Å². The van der Waals surface area contributed by atoms with Gasteiger partial charge in [0.25, 0.3) is 5.91 Å². The summed E-state index contributed by atoms with van der Waals surface area (Å²) in [5, 5.41) is 2.86. The molecule has 0 saturated carbocycles. The fourth-order valence-corrected chi connectivity index (χ4v) is 2.21. The van der Waals surface area contributed by atoms with Crippen molar-refractivity contribution in [2.24, 2.45) is 0 Å². The van der Waals surface area contributed by atoms with Gasteiger partial charge in [0.1, 0.15) is 0 Å². The summed E-state index contributed by atoms with van der Waals surface area (Å²) in [6.45, 7) is 4.75. The monoisotopic (exact) mass is 327 g/mol. The lowest BCUT2D eigenvalue weighted by Gasteiger charge is -2.14. The van der Waals surface area contributed by atoms with Crippen molar-refractivity contribution in [1.29, 1.82) is 0 Å². The van der Waals surface area contributed by atoms with Crippen LogP contribution < -0.4 is 14.8 Å². The molecule has 7 heteroatoms. The molecule has 1 aliphatic heterocycles. The predicted octanol–water partition coefficient (Wildman–Crippen LogP) is 2.18. The summed E-state index contributed by atoms with van der Waals surface area (Å²) >= 11 is 6.12. The normalized spacial score (nSPS) is 14.7. The van der Waals surface area contributed by atoms with Gasteiger partial charge in [0.2, 0.25) is 0 Å². The fraction of sp³-hybridized carbons (Fsp3) is 0.467. The van der Waals surface area contributed by atoms with Crippen LogP contribution in [0.25, 0.3) is 0 Å². The molecule has 22 heavy (non-hydrogen) atoms. The first-order valence-corrected chi connectivity index (χ1v) is 7.48. The van der Waals surface area contributed by atoms with Crippen LogP contribution in [0.4, 0.5) is 0 Å². The van der Waals surface area contributed by atoms with Crippen LogP contribution in [-0.4, -0.2) is 37.7 Å². The van der Waals surface area contributed by atoms with Gasteiger partial charge < -0.3 is 19.5 Å². The van der Waals surface area contributed by atoms with E-state index in [1.807, 2.05) is 0 Å². The maximum absolute atomic E-state index is 12.1. The van der Waals surface area contributed by atoms with Crippen LogP contribution in [0.15, 0.2) is 12.1 Å². The molecule has 0 bridgehead atoms. The van der Waals surface area contributed by atoms with E-state index in [4.69, 9.17) is 25.8 Å². The minimum absolute atomic E-state index is 0.213. The maximum Gasteiger partial charge on any atom is 0.339 e. The number of ether oxygens (including phenoxy) is 3. The maximum atomic E-state index is 12.1. The Labute approximate surface area is 133 Å². The number of hydrogen-bond acceptors (Lipinski definition) is 5. The molecule has 0 fully saturated rings. The quantitative estimate of drug-likeness (QED) is 0.858. The molecule has 1 aromatic rings. The highest BCUT2D eigenvalue weighted by Crippen LogP contribution is 2.38. The topological polar surface area (TPSA) is 73.9 Å². The number of amides is 1. The van der Waals surface area contributed by atoms with Crippen LogP contribution in [0.2, 0.25) is 5.02 Å². The van der Waals surface area contributed by atoms with Crippen molar-refractivity contribution in [3.63, 3.8) is 0 Å². The number of esters is 1. The average Bonchev–Trinajstić information content (AvgIpc) is 2.73. The molecule has 1 heterocycles. The second-order valence-electron chi connectivity index (χ2n) is 4.78. The summed E-state index contributed by atoms with van der Waals surface area (Å²) in [6, 6.07) is 2.96. The molecular weight excluding hydrogens is 310 g/mol. The molecular formula is C15H18ClNO5. The van der Waals surface area contributed by atoms with Gasteiger partial charge in [-0.1, -0.05) is 11.6 Å². The molecule has 0 aliphatic carbocycles. The molecule has 1 amide bonds. The van der Waals surface area contributed by atoms with Gasteiger partial charge in [-0.3, -0.25) is 4.79 Å². The zero-order valence-electron chi connectivity index (χ0n) is 12.5. The third-order valence-electron chi connectivity index (χ3n) is 3.04. The van der Waals surface area contributed by atoms with E-state index in [0.29, 0.717) is 31.3 Å². The lowest BCUT2D eigenvalue weighted by Crippen LogP contribution is -2.35. The molecule has 0 spiro atoms. The van der Waals surface area contributed by atoms with E-state index in [9.17, 15) is 9.59 Å². The van der Waals surface area contributed by atoms with E-state index in [2.05, 4.69) is 5.32 Å². The molecule has 1 atom stereocenters. The second-order valence-corrected chi connectivity index (χ2v) is 5.19. The van der Waals surface area contributed by atoms with Gasteiger partial charge in [-0.15, -0.1) is 0 Å². The average molecular weight is 328 g/mol. The summed E-state index contributed by atoms with van der Waals surface area (Å²) in [5.74, 6) is -0.164. The van der Waals surface area contributed by atoms with Crippen LogP contribution >= 0.6 is 11.6 Å². The van der Waals surface area contributed by atoms with Crippen LogP contribution in [0.5, 0.6) is 11.5 Å². The third-order valence-corrected chi connectivity index (χ3v) is 3.32. The molecule has 6 nitrogen and oxygen atoms in total. The molecule has 0 radical (unpaired) electrons. The van der Waals surface area contributed by atoms with E-state index < -0.39 is 12.1 Å². The van der Waals surface area contributed by atoms with Crippen molar-refractivity contribution in [2.45, 2.75) is 26.4 Å².